The van der Waals surface area contributed by atoms with Gasteiger partial charge in [-0.3, -0.25) is 14.4 Å². The number of hydrogen-bond donors (Lipinski definition) is 3. The van der Waals surface area contributed by atoms with Crippen molar-refractivity contribution in [1.82, 2.24) is 19.5 Å². The maximum atomic E-state index is 13.6. The second kappa shape index (κ2) is 10.6. The highest BCUT2D eigenvalue weighted by atomic mass is 32.2. The smallest absolute Gasteiger partial charge is 0.410 e. The van der Waals surface area contributed by atoms with E-state index in [0.29, 0.717) is 5.56 Å². The molecule has 0 unspecified atom stereocenters. The molecule has 16 heteroatoms. The largest absolute Gasteiger partial charge is 0.489 e. The van der Waals surface area contributed by atoms with Gasteiger partial charge in [-0.25, -0.2) is 17.5 Å². The summed E-state index contributed by atoms with van der Waals surface area (Å²) in [6, 6.07) is 3.04. The van der Waals surface area contributed by atoms with E-state index in [1.165, 1.54) is 42.9 Å². The highest BCUT2D eigenvalue weighted by Gasteiger charge is 2.50. The van der Waals surface area contributed by atoms with Crippen LogP contribution in [-0.2, 0) is 26.7 Å². The minimum absolute atomic E-state index is 0.0378. The summed E-state index contributed by atoms with van der Waals surface area (Å²) >= 11 is 0. The SMILES string of the molecule is Cc1cc(NC(=O)c2c3c(cn2C)S(=O)(=O)N[C@@H]2CN(C(=O)C(=O)NC(C)(C)C(F)(F)F)CC[C@@H]2CO3)ccc1F. The lowest BCUT2D eigenvalue weighted by atomic mass is 9.92. The molecule has 1 fully saturated rings. The zero-order valence-electron chi connectivity index (χ0n) is 22.6. The second-order valence-corrected chi connectivity index (χ2v) is 12.3. The summed E-state index contributed by atoms with van der Waals surface area (Å²) in [5.41, 5.74) is -2.17. The topological polar surface area (TPSA) is 139 Å². The maximum Gasteiger partial charge on any atom is 0.410 e. The number of sulfonamides is 1. The summed E-state index contributed by atoms with van der Waals surface area (Å²) in [4.78, 5) is 38.8. The van der Waals surface area contributed by atoms with Crippen LogP contribution in [0.4, 0.5) is 23.2 Å². The van der Waals surface area contributed by atoms with Gasteiger partial charge < -0.3 is 24.8 Å². The molecule has 1 aromatic carbocycles. The molecule has 0 aliphatic carbocycles. The Kier molecular flexibility index (Phi) is 7.86. The van der Waals surface area contributed by atoms with Crippen LogP contribution in [0.1, 0.15) is 36.3 Å². The van der Waals surface area contributed by atoms with E-state index in [-0.39, 0.29) is 48.1 Å². The number of fused-ring (bicyclic) bond motifs is 2. The van der Waals surface area contributed by atoms with Gasteiger partial charge in [-0.15, -0.1) is 0 Å². The van der Waals surface area contributed by atoms with Gasteiger partial charge in [-0.1, -0.05) is 0 Å². The van der Waals surface area contributed by atoms with Crippen LogP contribution in [0.25, 0.3) is 0 Å². The molecule has 0 spiro atoms. The lowest BCUT2D eigenvalue weighted by Gasteiger charge is -2.39. The molecule has 1 aromatic heterocycles. The van der Waals surface area contributed by atoms with Crippen molar-refractivity contribution in [2.45, 2.75) is 49.8 Å². The Labute approximate surface area is 233 Å². The van der Waals surface area contributed by atoms with Gasteiger partial charge in [-0.2, -0.15) is 13.2 Å². The van der Waals surface area contributed by atoms with Crippen molar-refractivity contribution in [3.8, 4) is 5.75 Å². The second-order valence-electron chi connectivity index (χ2n) is 10.6. The van der Waals surface area contributed by atoms with Crippen molar-refractivity contribution < 1.29 is 45.1 Å². The average molecular weight is 604 g/mol. The molecule has 41 heavy (non-hydrogen) atoms. The first-order chi connectivity index (χ1) is 18.9. The summed E-state index contributed by atoms with van der Waals surface area (Å²) in [6.45, 7) is 2.58. The summed E-state index contributed by atoms with van der Waals surface area (Å²) in [6.07, 6.45) is -3.46. The third-order valence-corrected chi connectivity index (χ3v) is 8.63. The highest BCUT2D eigenvalue weighted by molar-refractivity contribution is 7.89. The third kappa shape index (κ3) is 6.02. The Hall–Kier alpha value is -3.66. The monoisotopic (exact) mass is 603 g/mol. The number of likely N-dealkylation sites (tertiary alicyclic amines) is 1. The van der Waals surface area contributed by atoms with Crippen molar-refractivity contribution in [1.29, 1.82) is 0 Å². The molecule has 0 bridgehead atoms. The van der Waals surface area contributed by atoms with Crippen LogP contribution in [0.2, 0.25) is 0 Å². The van der Waals surface area contributed by atoms with E-state index in [1.807, 2.05) is 0 Å². The minimum Gasteiger partial charge on any atom is -0.489 e. The van der Waals surface area contributed by atoms with Crippen molar-refractivity contribution in [3.63, 3.8) is 0 Å². The molecule has 2 aliphatic heterocycles. The Morgan fingerprint density at radius 1 is 1.17 bits per heavy atom. The normalized spacial score (nSPS) is 20.5. The van der Waals surface area contributed by atoms with Gasteiger partial charge in [0.1, 0.15) is 16.3 Å². The van der Waals surface area contributed by atoms with Gasteiger partial charge in [0.25, 0.3) is 5.91 Å². The molecule has 11 nitrogen and oxygen atoms in total. The molecular formula is C25H29F4N5O6S. The number of amides is 3. The van der Waals surface area contributed by atoms with Crippen LogP contribution >= 0.6 is 0 Å². The van der Waals surface area contributed by atoms with Crippen LogP contribution in [0.15, 0.2) is 29.3 Å². The number of aryl methyl sites for hydroxylation is 2. The van der Waals surface area contributed by atoms with Gasteiger partial charge in [0.2, 0.25) is 10.0 Å². The number of alkyl halides is 3. The standard InChI is InChI=1S/C25H29F4N5O6S/c1-13-9-15(5-6-16(13)26)30-21(35)19-20-18(11-33(19)4)41(38,39)32-17-10-34(8-7-14(17)12-40-20)23(37)22(36)31-24(2,3)25(27,28)29/h5-6,9,11,14,17,32H,7-8,10,12H2,1-4H3,(H,30,35)(H,31,36)/t14-,17-/m1/s1. The fourth-order valence-corrected chi connectivity index (χ4v) is 6.09. The number of aromatic nitrogens is 1. The molecule has 3 amide bonds. The minimum atomic E-state index is -4.80. The Balaban J connectivity index is 1.54. The fourth-order valence-electron chi connectivity index (χ4n) is 4.61. The third-order valence-electron chi connectivity index (χ3n) is 7.14. The fraction of sp³-hybridized carbons (Fsp3) is 0.480. The molecule has 2 atom stereocenters. The number of anilines is 1. The summed E-state index contributed by atoms with van der Waals surface area (Å²) < 4.78 is 89.4. The van der Waals surface area contributed by atoms with E-state index in [9.17, 15) is 40.4 Å². The molecule has 2 aliphatic rings. The zero-order chi connectivity index (χ0) is 30.5. The number of nitrogens with zero attached hydrogens (tertiary/aromatic N) is 2. The van der Waals surface area contributed by atoms with Crippen molar-refractivity contribution in [2.75, 3.05) is 25.0 Å². The lowest BCUT2D eigenvalue weighted by Crippen LogP contribution is -2.61. The van der Waals surface area contributed by atoms with Gasteiger partial charge in [-0.05, 0) is 51.0 Å². The first-order valence-corrected chi connectivity index (χ1v) is 14.0. The van der Waals surface area contributed by atoms with E-state index in [4.69, 9.17) is 4.74 Å². The quantitative estimate of drug-likeness (QED) is 0.363. The number of halogens is 4. The van der Waals surface area contributed by atoms with E-state index in [1.54, 1.807) is 5.32 Å². The van der Waals surface area contributed by atoms with Crippen LogP contribution in [-0.4, -0.2) is 73.1 Å². The highest BCUT2D eigenvalue weighted by Crippen LogP contribution is 2.35. The Bertz CT molecular complexity index is 1500. The number of nitrogens with one attached hydrogen (secondary N) is 3. The van der Waals surface area contributed by atoms with Crippen LogP contribution in [0.5, 0.6) is 5.75 Å². The molecule has 2 aromatic rings. The van der Waals surface area contributed by atoms with Crippen molar-refractivity contribution >= 4 is 33.4 Å². The molecule has 0 saturated carbocycles. The summed E-state index contributed by atoms with van der Waals surface area (Å²) in [7, 11) is -2.88. The Morgan fingerprint density at radius 3 is 2.49 bits per heavy atom. The average Bonchev–Trinajstić information content (AvgIpc) is 3.19. The van der Waals surface area contributed by atoms with E-state index in [2.05, 4.69) is 10.0 Å². The molecule has 3 heterocycles. The van der Waals surface area contributed by atoms with Gasteiger partial charge in [0.15, 0.2) is 11.4 Å². The van der Waals surface area contributed by atoms with Crippen LogP contribution < -0.4 is 20.1 Å². The van der Waals surface area contributed by atoms with Gasteiger partial charge >= 0.3 is 18.0 Å². The van der Waals surface area contributed by atoms with Crippen LogP contribution in [0, 0.1) is 18.7 Å². The number of piperidine rings is 1. The number of benzene rings is 1. The summed E-state index contributed by atoms with van der Waals surface area (Å²) in [5, 5.41) is 4.28. The first kappa shape index (κ1) is 30.3. The summed E-state index contributed by atoms with van der Waals surface area (Å²) in [5.74, 6) is -4.53. The van der Waals surface area contributed by atoms with E-state index >= 15 is 0 Å². The predicted molar refractivity (Wildman–Crippen MR) is 137 cm³/mol. The van der Waals surface area contributed by atoms with E-state index in [0.717, 1.165) is 18.7 Å². The zero-order valence-corrected chi connectivity index (χ0v) is 23.4. The van der Waals surface area contributed by atoms with Crippen molar-refractivity contribution in [2.24, 2.45) is 13.0 Å². The number of carbonyl (C=O) groups excluding carboxylic acids is 3. The predicted octanol–water partition coefficient (Wildman–Crippen LogP) is 2.07. The maximum absolute atomic E-state index is 13.6. The molecule has 224 valence electrons. The molecule has 3 N–H and O–H groups in total. The molecule has 1 saturated heterocycles. The molecular weight excluding hydrogens is 574 g/mol. The lowest BCUT2D eigenvalue weighted by molar-refractivity contribution is -0.189. The molecule has 4 rings (SSSR count). The van der Waals surface area contributed by atoms with E-state index < -0.39 is 57.2 Å². The number of carbonyl (C=O) groups is 3. The molecule has 0 radical (unpaired) electrons. The number of ether oxygens (including phenoxy) is 1. The van der Waals surface area contributed by atoms with Crippen molar-refractivity contribution in [3.05, 3.63) is 41.5 Å². The van der Waals surface area contributed by atoms with Gasteiger partial charge in [0.05, 0.1) is 6.61 Å². The first-order valence-electron chi connectivity index (χ1n) is 12.5. The number of hydrogen-bond acceptors (Lipinski definition) is 6. The Morgan fingerprint density at radius 2 is 1.85 bits per heavy atom. The number of rotatable bonds is 3. The van der Waals surface area contributed by atoms with Gasteiger partial charge in [0, 0.05) is 44.0 Å². The van der Waals surface area contributed by atoms with Crippen LogP contribution in [0.3, 0.4) is 0 Å².